The summed E-state index contributed by atoms with van der Waals surface area (Å²) in [5.74, 6) is 0.743. The van der Waals surface area contributed by atoms with E-state index in [0.717, 1.165) is 30.4 Å². The number of benzene rings is 1. The van der Waals surface area contributed by atoms with E-state index < -0.39 is 6.10 Å². The SMILES string of the molecule is CC(Oc1ccc(Br)cc1)C(=O)N1CCC(N)CC1. The van der Waals surface area contributed by atoms with Crippen molar-refractivity contribution in [1.82, 2.24) is 4.90 Å². The molecule has 1 heterocycles. The van der Waals surface area contributed by atoms with Crippen molar-refractivity contribution in [1.29, 1.82) is 0 Å². The van der Waals surface area contributed by atoms with Gasteiger partial charge in [-0.3, -0.25) is 4.79 Å². The van der Waals surface area contributed by atoms with Crippen LogP contribution in [0, 0.1) is 0 Å². The van der Waals surface area contributed by atoms with Crippen LogP contribution in [-0.2, 0) is 4.79 Å². The number of amides is 1. The third-order valence-corrected chi connectivity index (χ3v) is 3.85. The minimum absolute atomic E-state index is 0.0369. The third-order valence-electron chi connectivity index (χ3n) is 3.33. The van der Waals surface area contributed by atoms with Crippen molar-refractivity contribution < 1.29 is 9.53 Å². The van der Waals surface area contributed by atoms with Crippen molar-refractivity contribution >= 4 is 21.8 Å². The molecule has 1 atom stereocenters. The van der Waals surface area contributed by atoms with Crippen LogP contribution >= 0.6 is 15.9 Å². The number of nitrogens with zero attached hydrogens (tertiary/aromatic N) is 1. The molecule has 1 aliphatic heterocycles. The Morgan fingerprint density at radius 3 is 2.53 bits per heavy atom. The van der Waals surface area contributed by atoms with E-state index in [9.17, 15) is 4.79 Å². The van der Waals surface area contributed by atoms with Gasteiger partial charge in [0.25, 0.3) is 5.91 Å². The fourth-order valence-corrected chi connectivity index (χ4v) is 2.41. The van der Waals surface area contributed by atoms with Crippen LogP contribution in [0.2, 0.25) is 0 Å². The zero-order valence-electron chi connectivity index (χ0n) is 11.0. The Kier molecular flexibility index (Phi) is 4.82. The summed E-state index contributed by atoms with van der Waals surface area (Å²) in [5.41, 5.74) is 5.84. The monoisotopic (exact) mass is 326 g/mol. The normalized spacial score (nSPS) is 18.2. The van der Waals surface area contributed by atoms with Gasteiger partial charge in [0.2, 0.25) is 0 Å². The molecule has 2 N–H and O–H groups in total. The molecule has 1 aliphatic rings. The van der Waals surface area contributed by atoms with Crippen LogP contribution in [0.25, 0.3) is 0 Å². The van der Waals surface area contributed by atoms with Gasteiger partial charge in [-0.1, -0.05) is 15.9 Å². The van der Waals surface area contributed by atoms with Crippen molar-refractivity contribution in [2.45, 2.75) is 31.9 Å². The quantitative estimate of drug-likeness (QED) is 0.926. The van der Waals surface area contributed by atoms with E-state index in [1.54, 1.807) is 6.92 Å². The molecule has 0 saturated carbocycles. The highest BCUT2D eigenvalue weighted by Gasteiger charge is 2.25. The standard InChI is InChI=1S/C14H19BrN2O2/c1-10(19-13-4-2-11(15)3-5-13)14(18)17-8-6-12(16)7-9-17/h2-5,10,12H,6-9,16H2,1H3. The molecule has 2 rings (SSSR count). The molecule has 1 unspecified atom stereocenters. The van der Waals surface area contributed by atoms with E-state index in [2.05, 4.69) is 15.9 Å². The predicted octanol–water partition coefficient (Wildman–Crippen LogP) is 2.17. The van der Waals surface area contributed by atoms with Crippen LogP contribution in [0.4, 0.5) is 0 Å². The second-order valence-electron chi connectivity index (χ2n) is 4.88. The number of nitrogens with two attached hydrogens (primary N) is 1. The van der Waals surface area contributed by atoms with Gasteiger partial charge in [-0.05, 0) is 44.0 Å². The number of likely N-dealkylation sites (tertiary alicyclic amines) is 1. The lowest BCUT2D eigenvalue weighted by atomic mass is 10.1. The maximum absolute atomic E-state index is 12.2. The van der Waals surface area contributed by atoms with E-state index in [1.165, 1.54) is 0 Å². The first-order valence-corrected chi connectivity index (χ1v) is 7.32. The number of hydrogen-bond acceptors (Lipinski definition) is 3. The molecule has 0 aromatic heterocycles. The number of carbonyl (C=O) groups excluding carboxylic acids is 1. The molecule has 0 spiro atoms. The summed E-state index contributed by atoms with van der Waals surface area (Å²) in [4.78, 5) is 14.1. The number of rotatable bonds is 3. The molecule has 1 aromatic rings. The average molecular weight is 327 g/mol. The molecule has 1 amide bonds. The van der Waals surface area contributed by atoms with E-state index >= 15 is 0 Å². The topological polar surface area (TPSA) is 55.6 Å². The Balaban J connectivity index is 1.90. The smallest absolute Gasteiger partial charge is 0.263 e. The van der Waals surface area contributed by atoms with Crippen LogP contribution in [0.3, 0.4) is 0 Å². The Hall–Kier alpha value is -1.07. The molecule has 0 bridgehead atoms. The van der Waals surface area contributed by atoms with Crippen LogP contribution < -0.4 is 10.5 Å². The van der Waals surface area contributed by atoms with Crippen LogP contribution in [0.1, 0.15) is 19.8 Å². The molecule has 0 aliphatic carbocycles. The summed E-state index contributed by atoms with van der Waals surface area (Å²) in [6, 6.07) is 7.71. The maximum atomic E-state index is 12.2. The minimum atomic E-state index is -0.463. The fraction of sp³-hybridized carbons (Fsp3) is 0.500. The summed E-state index contributed by atoms with van der Waals surface area (Å²) < 4.78 is 6.66. The van der Waals surface area contributed by atoms with Gasteiger partial charge in [0.15, 0.2) is 6.10 Å². The van der Waals surface area contributed by atoms with Crippen molar-refractivity contribution in [2.75, 3.05) is 13.1 Å². The molecular weight excluding hydrogens is 308 g/mol. The summed E-state index contributed by atoms with van der Waals surface area (Å²) in [6.07, 6.45) is 1.28. The lowest BCUT2D eigenvalue weighted by Gasteiger charge is -2.32. The van der Waals surface area contributed by atoms with Gasteiger partial charge in [-0.25, -0.2) is 0 Å². The van der Waals surface area contributed by atoms with Gasteiger partial charge in [-0.15, -0.1) is 0 Å². The number of hydrogen-bond donors (Lipinski definition) is 1. The average Bonchev–Trinajstić information content (AvgIpc) is 2.41. The first-order chi connectivity index (χ1) is 9.06. The highest BCUT2D eigenvalue weighted by molar-refractivity contribution is 9.10. The third kappa shape index (κ3) is 3.94. The predicted molar refractivity (Wildman–Crippen MR) is 78.0 cm³/mol. The van der Waals surface area contributed by atoms with E-state index in [-0.39, 0.29) is 11.9 Å². The summed E-state index contributed by atoms with van der Waals surface area (Å²) >= 11 is 3.37. The van der Waals surface area contributed by atoms with Crippen molar-refractivity contribution in [3.63, 3.8) is 0 Å². The molecule has 5 heteroatoms. The van der Waals surface area contributed by atoms with E-state index in [1.807, 2.05) is 29.2 Å². The number of piperidine rings is 1. The molecule has 1 aromatic carbocycles. The van der Waals surface area contributed by atoms with Crippen molar-refractivity contribution in [3.8, 4) is 5.75 Å². The molecule has 1 fully saturated rings. The number of halogens is 1. The highest BCUT2D eigenvalue weighted by atomic mass is 79.9. The van der Waals surface area contributed by atoms with Crippen molar-refractivity contribution in [3.05, 3.63) is 28.7 Å². The Morgan fingerprint density at radius 2 is 1.95 bits per heavy atom. The fourth-order valence-electron chi connectivity index (χ4n) is 2.14. The van der Waals surface area contributed by atoms with Gasteiger partial charge in [-0.2, -0.15) is 0 Å². The van der Waals surface area contributed by atoms with Gasteiger partial charge < -0.3 is 15.4 Å². The zero-order chi connectivity index (χ0) is 13.8. The van der Waals surface area contributed by atoms with Gasteiger partial charge >= 0.3 is 0 Å². The summed E-state index contributed by atoms with van der Waals surface area (Å²) in [5, 5.41) is 0. The molecule has 4 nitrogen and oxygen atoms in total. The largest absolute Gasteiger partial charge is 0.481 e. The van der Waals surface area contributed by atoms with Gasteiger partial charge in [0, 0.05) is 23.6 Å². The molecule has 104 valence electrons. The van der Waals surface area contributed by atoms with Crippen LogP contribution in [0.15, 0.2) is 28.7 Å². The second-order valence-corrected chi connectivity index (χ2v) is 5.79. The Morgan fingerprint density at radius 1 is 1.37 bits per heavy atom. The van der Waals surface area contributed by atoms with Crippen LogP contribution in [0.5, 0.6) is 5.75 Å². The Labute approximate surface area is 122 Å². The summed E-state index contributed by atoms with van der Waals surface area (Å²) in [6.45, 7) is 3.25. The number of carbonyl (C=O) groups is 1. The zero-order valence-corrected chi connectivity index (χ0v) is 12.6. The van der Waals surface area contributed by atoms with Gasteiger partial charge in [0.1, 0.15) is 5.75 Å². The molecule has 0 radical (unpaired) electrons. The first kappa shape index (κ1) is 14.3. The molecule has 19 heavy (non-hydrogen) atoms. The molecule has 1 saturated heterocycles. The summed E-state index contributed by atoms with van der Waals surface area (Å²) in [7, 11) is 0. The van der Waals surface area contributed by atoms with Gasteiger partial charge in [0.05, 0.1) is 0 Å². The Bertz CT molecular complexity index is 428. The lowest BCUT2D eigenvalue weighted by Crippen LogP contribution is -2.47. The maximum Gasteiger partial charge on any atom is 0.263 e. The second kappa shape index (κ2) is 6.39. The molecular formula is C14H19BrN2O2. The lowest BCUT2D eigenvalue weighted by molar-refractivity contribution is -0.139. The number of ether oxygens (including phenoxy) is 1. The highest BCUT2D eigenvalue weighted by Crippen LogP contribution is 2.18. The minimum Gasteiger partial charge on any atom is -0.481 e. The van der Waals surface area contributed by atoms with Crippen molar-refractivity contribution in [2.24, 2.45) is 5.73 Å². The first-order valence-electron chi connectivity index (χ1n) is 6.53. The van der Waals surface area contributed by atoms with E-state index in [0.29, 0.717) is 5.75 Å². The van der Waals surface area contributed by atoms with E-state index in [4.69, 9.17) is 10.5 Å². The van der Waals surface area contributed by atoms with Crippen LogP contribution in [-0.4, -0.2) is 36.0 Å².